The van der Waals surface area contributed by atoms with Gasteiger partial charge in [-0.25, -0.2) is 0 Å². The second-order valence-electron chi connectivity index (χ2n) is 4.58. The lowest BCUT2D eigenvalue weighted by molar-refractivity contribution is 0.987. The largest absolute Gasteiger partial charge is 0.0620 e. The molecular formula is C16H16. The smallest absolute Gasteiger partial charge is 0.00200 e. The second-order valence-corrected chi connectivity index (χ2v) is 4.58. The Morgan fingerprint density at radius 1 is 0.812 bits per heavy atom. The minimum Gasteiger partial charge on any atom is -0.0620 e. The molecule has 0 saturated heterocycles. The van der Waals surface area contributed by atoms with Crippen LogP contribution < -0.4 is 0 Å². The molecule has 80 valence electrons. The first-order valence-corrected chi connectivity index (χ1v) is 6.04. The first kappa shape index (κ1) is 9.65. The molecule has 0 bridgehead atoms. The van der Waals surface area contributed by atoms with Crippen LogP contribution in [-0.2, 0) is 19.3 Å². The van der Waals surface area contributed by atoms with Gasteiger partial charge in [0.2, 0.25) is 0 Å². The lowest BCUT2D eigenvalue weighted by atomic mass is 9.85. The third-order valence-corrected chi connectivity index (χ3v) is 3.56. The van der Waals surface area contributed by atoms with Gasteiger partial charge in [-0.05, 0) is 47.1 Å². The number of hydrogen-bond acceptors (Lipinski definition) is 0. The summed E-state index contributed by atoms with van der Waals surface area (Å²) >= 11 is 0. The molecular weight excluding hydrogens is 192 g/mol. The van der Waals surface area contributed by atoms with Gasteiger partial charge in [-0.1, -0.05) is 49.4 Å². The van der Waals surface area contributed by atoms with E-state index in [2.05, 4.69) is 49.4 Å². The first-order chi connectivity index (χ1) is 7.86. The molecule has 2 aromatic carbocycles. The summed E-state index contributed by atoms with van der Waals surface area (Å²) in [6, 6.07) is 15.8. The lowest BCUT2D eigenvalue weighted by Gasteiger charge is -2.20. The lowest BCUT2D eigenvalue weighted by Crippen LogP contribution is -2.07. The molecule has 0 fully saturated rings. The average Bonchev–Trinajstić information content (AvgIpc) is 2.35. The van der Waals surface area contributed by atoms with Crippen LogP contribution in [0.2, 0.25) is 0 Å². The van der Waals surface area contributed by atoms with Gasteiger partial charge in [-0.3, -0.25) is 0 Å². The summed E-state index contributed by atoms with van der Waals surface area (Å²) in [4.78, 5) is 0. The van der Waals surface area contributed by atoms with Crippen LogP contribution in [0.3, 0.4) is 0 Å². The molecule has 0 heteroatoms. The van der Waals surface area contributed by atoms with E-state index in [1.165, 1.54) is 27.8 Å². The number of rotatable bonds is 1. The predicted molar refractivity (Wildman–Crippen MR) is 67.9 cm³/mol. The Morgan fingerprint density at radius 3 is 2.12 bits per heavy atom. The number of fused-ring (bicyclic) bond motifs is 2. The van der Waals surface area contributed by atoms with Crippen LogP contribution in [0.15, 0.2) is 42.5 Å². The SMILES string of the molecule is CCc1ccc2c(c1)Cc1ccccc1C2. The third-order valence-electron chi connectivity index (χ3n) is 3.56. The van der Waals surface area contributed by atoms with Gasteiger partial charge in [-0.15, -0.1) is 0 Å². The molecule has 0 aromatic heterocycles. The highest BCUT2D eigenvalue weighted by Gasteiger charge is 2.14. The van der Waals surface area contributed by atoms with Gasteiger partial charge >= 0.3 is 0 Å². The Hall–Kier alpha value is -1.56. The van der Waals surface area contributed by atoms with E-state index in [0.717, 1.165) is 19.3 Å². The van der Waals surface area contributed by atoms with Crippen molar-refractivity contribution in [2.45, 2.75) is 26.2 Å². The molecule has 0 aliphatic heterocycles. The third kappa shape index (κ3) is 1.55. The van der Waals surface area contributed by atoms with Crippen molar-refractivity contribution >= 4 is 0 Å². The first-order valence-electron chi connectivity index (χ1n) is 6.04. The molecule has 0 nitrogen and oxygen atoms in total. The molecule has 0 radical (unpaired) electrons. The van der Waals surface area contributed by atoms with Gasteiger partial charge < -0.3 is 0 Å². The molecule has 0 N–H and O–H groups in total. The summed E-state index contributed by atoms with van der Waals surface area (Å²) in [5.41, 5.74) is 7.49. The van der Waals surface area contributed by atoms with Crippen molar-refractivity contribution in [1.82, 2.24) is 0 Å². The van der Waals surface area contributed by atoms with Gasteiger partial charge in [0.05, 0.1) is 0 Å². The van der Waals surface area contributed by atoms with Crippen molar-refractivity contribution in [3.05, 3.63) is 70.3 Å². The van der Waals surface area contributed by atoms with E-state index in [-0.39, 0.29) is 0 Å². The fourth-order valence-electron chi connectivity index (χ4n) is 2.55. The van der Waals surface area contributed by atoms with Crippen LogP contribution in [-0.4, -0.2) is 0 Å². The minimum atomic E-state index is 1.11. The fraction of sp³-hybridized carbons (Fsp3) is 0.250. The molecule has 0 saturated carbocycles. The van der Waals surface area contributed by atoms with Crippen molar-refractivity contribution in [3.63, 3.8) is 0 Å². The van der Waals surface area contributed by atoms with Gasteiger partial charge in [0.1, 0.15) is 0 Å². The monoisotopic (exact) mass is 208 g/mol. The van der Waals surface area contributed by atoms with E-state index in [0.29, 0.717) is 0 Å². The molecule has 0 heterocycles. The van der Waals surface area contributed by atoms with Crippen molar-refractivity contribution in [3.8, 4) is 0 Å². The van der Waals surface area contributed by atoms with E-state index in [9.17, 15) is 0 Å². The summed E-state index contributed by atoms with van der Waals surface area (Å²) < 4.78 is 0. The molecule has 0 atom stereocenters. The Morgan fingerprint density at radius 2 is 1.44 bits per heavy atom. The summed E-state index contributed by atoms with van der Waals surface area (Å²) in [5.74, 6) is 0. The molecule has 0 amide bonds. The summed E-state index contributed by atoms with van der Waals surface area (Å²) in [7, 11) is 0. The molecule has 0 spiro atoms. The van der Waals surface area contributed by atoms with Crippen molar-refractivity contribution in [2.24, 2.45) is 0 Å². The van der Waals surface area contributed by atoms with Crippen molar-refractivity contribution in [1.29, 1.82) is 0 Å². The summed E-state index contributed by atoms with van der Waals surface area (Å²) in [5, 5.41) is 0. The molecule has 3 rings (SSSR count). The second kappa shape index (κ2) is 3.79. The van der Waals surface area contributed by atoms with Gasteiger partial charge in [-0.2, -0.15) is 0 Å². The van der Waals surface area contributed by atoms with Crippen LogP contribution in [0, 0.1) is 0 Å². The average molecular weight is 208 g/mol. The van der Waals surface area contributed by atoms with E-state index in [1.807, 2.05) is 0 Å². The van der Waals surface area contributed by atoms with Gasteiger partial charge in [0.15, 0.2) is 0 Å². The van der Waals surface area contributed by atoms with Crippen LogP contribution in [0.5, 0.6) is 0 Å². The van der Waals surface area contributed by atoms with Crippen molar-refractivity contribution in [2.75, 3.05) is 0 Å². The standard InChI is InChI=1S/C16H16/c1-2-12-7-8-15-10-13-5-3-4-6-14(13)11-16(15)9-12/h3-9H,2,10-11H2,1H3. The number of hydrogen-bond donors (Lipinski definition) is 0. The van der Waals surface area contributed by atoms with Crippen LogP contribution >= 0.6 is 0 Å². The zero-order valence-corrected chi connectivity index (χ0v) is 9.66. The van der Waals surface area contributed by atoms with Crippen LogP contribution in [0.25, 0.3) is 0 Å². The van der Waals surface area contributed by atoms with Gasteiger partial charge in [0, 0.05) is 0 Å². The maximum atomic E-state index is 2.38. The highest BCUT2D eigenvalue weighted by molar-refractivity contribution is 5.46. The van der Waals surface area contributed by atoms with E-state index >= 15 is 0 Å². The Bertz CT molecular complexity index is 523. The van der Waals surface area contributed by atoms with Crippen LogP contribution in [0.1, 0.15) is 34.7 Å². The highest BCUT2D eigenvalue weighted by atomic mass is 14.2. The highest BCUT2D eigenvalue weighted by Crippen LogP contribution is 2.27. The molecule has 1 aliphatic rings. The predicted octanol–water partition coefficient (Wildman–Crippen LogP) is 3.74. The van der Waals surface area contributed by atoms with Gasteiger partial charge in [0.25, 0.3) is 0 Å². The number of aryl methyl sites for hydroxylation is 1. The normalized spacial score (nSPS) is 13.1. The maximum Gasteiger partial charge on any atom is -0.00200 e. The molecule has 1 aliphatic carbocycles. The number of benzene rings is 2. The fourth-order valence-corrected chi connectivity index (χ4v) is 2.55. The van der Waals surface area contributed by atoms with E-state index < -0.39 is 0 Å². The topological polar surface area (TPSA) is 0 Å². The Balaban J connectivity index is 2.05. The van der Waals surface area contributed by atoms with E-state index in [1.54, 1.807) is 0 Å². The van der Waals surface area contributed by atoms with Crippen molar-refractivity contribution < 1.29 is 0 Å². The zero-order chi connectivity index (χ0) is 11.0. The molecule has 2 aromatic rings. The Kier molecular flexibility index (Phi) is 2.28. The zero-order valence-electron chi connectivity index (χ0n) is 9.66. The minimum absolute atomic E-state index is 1.11. The van der Waals surface area contributed by atoms with Crippen LogP contribution in [0.4, 0.5) is 0 Å². The summed E-state index contributed by atoms with van der Waals surface area (Å²) in [6.07, 6.45) is 3.35. The summed E-state index contributed by atoms with van der Waals surface area (Å²) in [6.45, 7) is 2.22. The Labute approximate surface area is 96.9 Å². The maximum absolute atomic E-state index is 2.38. The quantitative estimate of drug-likeness (QED) is 0.571. The van der Waals surface area contributed by atoms with E-state index in [4.69, 9.17) is 0 Å². The molecule has 0 unspecified atom stereocenters. The molecule has 16 heavy (non-hydrogen) atoms.